The molecule has 0 amide bonds. The molecule has 11 aromatic rings. The predicted molar refractivity (Wildman–Crippen MR) is 397 cm³/mol. The number of aryl methyl sites for hydroxylation is 1. The number of nitrogens with zero attached hydrogens (tertiary/aromatic N) is 3. The molecule has 0 atom stereocenters. The standard InChI is InChI=1S/C87H94BN3O2/c1-51-42-64-67(86(16,17)40-38-83(64,10)11)48-71(51)90-72-46-60-59-45-66-68(87(18,19)41-39-85(66,14)15)49-75(59)92-76(60)50-69(72)88-78-73(90)47-61-58-22-20-21-23-74(58)93-79(61)77(78)62-43-56(33-35-70(62)91(88)57-32-34-63-65(44-57)84(12,13)37-36-82(63,8)9)89(54-28-24-52(25-29-54)80(2,3)4)55-30-26-53(27-31-55)81(5,6)7/h20-35,42-50H,36-41H2,1-19H3. The SMILES string of the molecule is Cc1cc2c(cc1N1c3cc4c(cc3B3c5c1cc1c(oc6ccccc61)c5-c1cc(N(c5ccc(C(C)(C)C)cc5)c5ccc(C(C)(C)C)cc5)ccc1N3c1ccc3c(c1)C(C)(C)CCC3(C)C)oc1cc3c(cc14)C(C)(C)CCC3(C)C)C(C)(C)CCC2(C)C. The Morgan fingerprint density at radius 1 is 0.398 bits per heavy atom. The molecule has 0 fully saturated rings. The highest BCUT2D eigenvalue weighted by molar-refractivity contribution is 6.94. The van der Waals surface area contributed by atoms with Crippen LogP contribution in [-0.2, 0) is 43.3 Å². The summed E-state index contributed by atoms with van der Waals surface area (Å²) >= 11 is 0. The van der Waals surface area contributed by atoms with Crippen molar-refractivity contribution in [2.45, 2.75) is 213 Å². The molecule has 3 aliphatic carbocycles. The maximum absolute atomic E-state index is 7.51. The van der Waals surface area contributed by atoms with Crippen molar-refractivity contribution in [2.24, 2.45) is 0 Å². The summed E-state index contributed by atoms with van der Waals surface area (Å²) in [5, 5.41) is 4.57. The van der Waals surface area contributed by atoms with Gasteiger partial charge in [0.15, 0.2) is 0 Å². The molecule has 0 spiro atoms. The van der Waals surface area contributed by atoms with Crippen LogP contribution in [-0.4, -0.2) is 6.85 Å². The van der Waals surface area contributed by atoms with Crippen molar-refractivity contribution in [1.82, 2.24) is 0 Å². The lowest BCUT2D eigenvalue weighted by Crippen LogP contribution is -2.61. The van der Waals surface area contributed by atoms with E-state index in [0.29, 0.717) is 0 Å². The average Bonchev–Trinajstić information content (AvgIpc) is 1.65. The summed E-state index contributed by atoms with van der Waals surface area (Å²) in [4.78, 5) is 7.91. The largest absolute Gasteiger partial charge is 0.456 e. The van der Waals surface area contributed by atoms with E-state index in [1.165, 1.54) is 89.1 Å². The number of hydrogen-bond donors (Lipinski definition) is 0. The molecule has 472 valence electrons. The topological polar surface area (TPSA) is 36.0 Å². The third kappa shape index (κ3) is 9.05. The van der Waals surface area contributed by atoms with Crippen LogP contribution in [0.25, 0.3) is 55.0 Å². The van der Waals surface area contributed by atoms with Crippen LogP contribution in [0.4, 0.5) is 45.5 Å². The molecule has 4 heterocycles. The van der Waals surface area contributed by atoms with Gasteiger partial charge in [-0.15, -0.1) is 0 Å². The quantitative estimate of drug-likeness (QED) is 0.161. The summed E-state index contributed by atoms with van der Waals surface area (Å²) in [6.07, 6.45) is 6.82. The van der Waals surface area contributed by atoms with Gasteiger partial charge in [-0.1, -0.05) is 179 Å². The molecule has 2 aliphatic heterocycles. The molecule has 93 heavy (non-hydrogen) atoms. The van der Waals surface area contributed by atoms with E-state index >= 15 is 0 Å². The van der Waals surface area contributed by atoms with E-state index in [4.69, 9.17) is 8.83 Å². The maximum atomic E-state index is 7.51. The molecular formula is C87H94BN3O2. The third-order valence-corrected chi connectivity index (χ3v) is 23.9. The average molecular weight is 1220 g/mol. The van der Waals surface area contributed by atoms with Crippen molar-refractivity contribution < 1.29 is 8.83 Å². The first-order valence-electron chi connectivity index (χ1n) is 34.8. The zero-order valence-corrected chi connectivity index (χ0v) is 58.9. The van der Waals surface area contributed by atoms with Crippen molar-refractivity contribution in [2.75, 3.05) is 14.6 Å². The summed E-state index contributed by atoms with van der Waals surface area (Å²) in [5.41, 5.74) is 30.2. The number of furan rings is 2. The lowest BCUT2D eigenvalue weighted by atomic mass is 9.43. The fraction of sp³-hybridized carbons (Fsp3) is 0.379. The Hall–Kier alpha value is -7.96. The van der Waals surface area contributed by atoms with E-state index < -0.39 is 0 Å². The molecule has 0 bridgehead atoms. The van der Waals surface area contributed by atoms with Crippen molar-refractivity contribution in [1.29, 1.82) is 0 Å². The van der Waals surface area contributed by atoms with Gasteiger partial charge in [-0.05, 0) is 247 Å². The molecule has 5 aliphatic rings. The first-order chi connectivity index (χ1) is 43.7. The summed E-state index contributed by atoms with van der Waals surface area (Å²) in [6.45, 7) is 45.4. The molecular weight excluding hydrogens is 1130 g/mol. The fourth-order valence-corrected chi connectivity index (χ4v) is 17.5. The van der Waals surface area contributed by atoms with Crippen molar-refractivity contribution in [3.8, 4) is 11.1 Å². The van der Waals surface area contributed by atoms with E-state index in [0.717, 1.165) is 111 Å². The zero-order chi connectivity index (χ0) is 65.4. The normalized spacial score (nSPS) is 18.7. The van der Waals surface area contributed by atoms with Gasteiger partial charge in [-0.25, -0.2) is 0 Å². The van der Waals surface area contributed by atoms with Gasteiger partial charge in [0.25, 0.3) is 0 Å². The second-order valence-electron chi connectivity index (χ2n) is 35.0. The lowest BCUT2D eigenvalue weighted by molar-refractivity contribution is 0.332. The number of rotatable bonds is 5. The van der Waals surface area contributed by atoms with Gasteiger partial charge in [0, 0.05) is 78.2 Å². The Morgan fingerprint density at radius 2 is 0.892 bits per heavy atom. The van der Waals surface area contributed by atoms with E-state index in [1.54, 1.807) is 0 Å². The van der Waals surface area contributed by atoms with Gasteiger partial charge in [0.2, 0.25) is 0 Å². The van der Waals surface area contributed by atoms with Gasteiger partial charge >= 0.3 is 6.85 Å². The van der Waals surface area contributed by atoms with E-state index in [9.17, 15) is 0 Å². The second kappa shape index (κ2) is 19.6. The van der Waals surface area contributed by atoms with Crippen molar-refractivity contribution in [3.63, 3.8) is 0 Å². The van der Waals surface area contributed by atoms with Crippen LogP contribution in [0.2, 0.25) is 0 Å². The lowest BCUT2D eigenvalue weighted by Gasteiger charge is -2.48. The molecule has 5 nitrogen and oxygen atoms in total. The van der Waals surface area contributed by atoms with Gasteiger partial charge in [0.1, 0.15) is 22.3 Å². The Balaban J connectivity index is 1.05. The number of para-hydroxylation sites is 1. The van der Waals surface area contributed by atoms with Crippen LogP contribution in [0.1, 0.15) is 213 Å². The van der Waals surface area contributed by atoms with Gasteiger partial charge in [0.05, 0.1) is 0 Å². The molecule has 0 N–H and O–H groups in total. The molecule has 9 aromatic carbocycles. The van der Waals surface area contributed by atoms with E-state index in [1.807, 2.05) is 0 Å². The molecule has 2 aromatic heterocycles. The van der Waals surface area contributed by atoms with Crippen LogP contribution in [0, 0.1) is 6.92 Å². The van der Waals surface area contributed by atoms with Crippen molar-refractivity contribution in [3.05, 3.63) is 202 Å². The second-order valence-corrected chi connectivity index (χ2v) is 35.0. The highest BCUT2D eigenvalue weighted by Crippen LogP contribution is 2.57. The minimum atomic E-state index is -0.307. The van der Waals surface area contributed by atoms with Crippen LogP contribution in [0.5, 0.6) is 0 Å². The highest BCUT2D eigenvalue weighted by atomic mass is 16.3. The van der Waals surface area contributed by atoms with Crippen LogP contribution < -0.4 is 25.5 Å². The first kappa shape index (κ1) is 60.0. The van der Waals surface area contributed by atoms with Crippen LogP contribution >= 0.6 is 0 Å². The third-order valence-electron chi connectivity index (χ3n) is 23.9. The van der Waals surface area contributed by atoms with E-state index in [2.05, 4.69) is 298 Å². The summed E-state index contributed by atoms with van der Waals surface area (Å²) in [5.74, 6) is 0. The van der Waals surface area contributed by atoms with Crippen LogP contribution in [0.3, 0.4) is 0 Å². The molecule has 0 saturated heterocycles. The first-order valence-corrected chi connectivity index (χ1v) is 34.8. The zero-order valence-electron chi connectivity index (χ0n) is 58.9. The van der Waals surface area contributed by atoms with Gasteiger partial charge in [-0.2, -0.15) is 0 Å². The Labute approximate surface area is 553 Å². The predicted octanol–water partition coefficient (Wildman–Crippen LogP) is 23.6. The number of fused-ring (bicyclic) bond motifs is 14. The molecule has 16 rings (SSSR count). The number of benzene rings is 9. The Morgan fingerprint density at radius 3 is 1.48 bits per heavy atom. The molecule has 0 radical (unpaired) electrons. The maximum Gasteiger partial charge on any atom is 0.333 e. The fourth-order valence-electron chi connectivity index (χ4n) is 17.5. The highest BCUT2D eigenvalue weighted by Gasteiger charge is 2.50. The number of hydrogen-bond acceptors (Lipinski definition) is 5. The Kier molecular flexibility index (Phi) is 12.6. The minimum absolute atomic E-state index is 0.00345. The minimum Gasteiger partial charge on any atom is -0.456 e. The van der Waals surface area contributed by atoms with Crippen LogP contribution in [0.15, 0.2) is 160 Å². The summed E-state index contributed by atoms with van der Waals surface area (Å²) in [7, 11) is 0. The van der Waals surface area contributed by atoms with Gasteiger partial charge in [-0.3, -0.25) is 0 Å². The number of anilines is 8. The molecule has 0 unspecified atom stereocenters. The molecule has 0 saturated carbocycles. The molecule has 6 heteroatoms. The van der Waals surface area contributed by atoms with Crippen molar-refractivity contribution >= 4 is 107 Å². The van der Waals surface area contributed by atoms with E-state index in [-0.39, 0.29) is 50.2 Å². The monoisotopic (exact) mass is 1220 g/mol. The summed E-state index contributed by atoms with van der Waals surface area (Å²) in [6, 6.07) is 59.9. The Bertz CT molecular complexity index is 4910. The smallest absolute Gasteiger partial charge is 0.333 e. The summed E-state index contributed by atoms with van der Waals surface area (Å²) < 4.78 is 14.9. The van der Waals surface area contributed by atoms with Gasteiger partial charge < -0.3 is 23.4 Å².